The van der Waals surface area contributed by atoms with Crippen LogP contribution in [-0.2, 0) is 6.42 Å². The van der Waals surface area contributed by atoms with E-state index in [-0.39, 0.29) is 29.7 Å². The maximum absolute atomic E-state index is 12.4. The highest BCUT2D eigenvalue weighted by atomic mass is 16.3. The zero-order chi connectivity index (χ0) is 17.6. The summed E-state index contributed by atoms with van der Waals surface area (Å²) in [4.78, 5) is 16.6. The summed E-state index contributed by atoms with van der Waals surface area (Å²) in [5.74, 6) is -0.523. The number of nitrogens with zero attached hydrogens (tertiary/aromatic N) is 1. The Bertz CT molecular complexity index is 865. The molecule has 1 atom stereocenters. The number of amides is 1. The molecule has 25 heavy (non-hydrogen) atoms. The molecule has 0 aliphatic heterocycles. The van der Waals surface area contributed by atoms with Crippen LogP contribution in [0.1, 0.15) is 16.1 Å². The fourth-order valence-corrected chi connectivity index (χ4v) is 2.79. The third-order valence-corrected chi connectivity index (χ3v) is 4.18. The van der Waals surface area contributed by atoms with Crippen molar-refractivity contribution in [2.45, 2.75) is 6.42 Å². The molecule has 1 aromatic heterocycles. The number of phenolic OH excluding ortho intramolecular Hbond substituents is 1. The molecule has 0 saturated heterocycles. The lowest BCUT2D eigenvalue weighted by molar-refractivity contribution is 0.0937. The number of nitrogens with one attached hydrogen (secondary N) is 1. The normalized spacial score (nSPS) is 12.0. The molecule has 1 amide bonds. The predicted molar refractivity (Wildman–Crippen MR) is 96.5 cm³/mol. The SMILES string of the molecule is O=C(NCC(CO)Cc1ccccn1)c1ccc2ccccc2c1O. The maximum Gasteiger partial charge on any atom is 0.255 e. The van der Waals surface area contributed by atoms with E-state index in [2.05, 4.69) is 10.3 Å². The van der Waals surface area contributed by atoms with Gasteiger partial charge in [0.1, 0.15) is 5.75 Å². The van der Waals surface area contributed by atoms with E-state index in [1.807, 2.05) is 36.4 Å². The molecule has 3 N–H and O–H groups in total. The molecule has 128 valence electrons. The van der Waals surface area contributed by atoms with Crippen LogP contribution in [0.5, 0.6) is 5.75 Å². The number of aliphatic hydroxyl groups excluding tert-OH is 1. The van der Waals surface area contributed by atoms with Gasteiger partial charge in [0.05, 0.1) is 5.56 Å². The van der Waals surface area contributed by atoms with Gasteiger partial charge in [-0.25, -0.2) is 0 Å². The second kappa shape index (κ2) is 7.77. The minimum absolute atomic E-state index is 0.0270. The first-order chi connectivity index (χ1) is 12.2. The summed E-state index contributed by atoms with van der Waals surface area (Å²) in [5.41, 5.74) is 1.09. The number of carbonyl (C=O) groups excluding carboxylic acids is 1. The van der Waals surface area contributed by atoms with Crippen molar-refractivity contribution in [3.8, 4) is 5.75 Å². The van der Waals surface area contributed by atoms with Gasteiger partial charge in [-0.05, 0) is 30.0 Å². The Morgan fingerprint density at radius 2 is 1.88 bits per heavy atom. The molecular weight excluding hydrogens is 316 g/mol. The molecule has 1 unspecified atom stereocenters. The van der Waals surface area contributed by atoms with Crippen molar-refractivity contribution < 1.29 is 15.0 Å². The number of aliphatic hydroxyl groups is 1. The van der Waals surface area contributed by atoms with Gasteiger partial charge in [0.2, 0.25) is 0 Å². The molecule has 5 heteroatoms. The summed E-state index contributed by atoms with van der Waals surface area (Å²) in [5, 5.41) is 24.2. The van der Waals surface area contributed by atoms with Crippen LogP contribution in [0.15, 0.2) is 60.8 Å². The maximum atomic E-state index is 12.4. The minimum Gasteiger partial charge on any atom is -0.506 e. The molecule has 3 rings (SSSR count). The number of benzene rings is 2. The molecule has 1 heterocycles. The van der Waals surface area contributed by atoms with Crippen LogP contribution in [-0.4, -0.2) is 34.3 Å². The van der Waals surface area contributed by atoms with E-state index >= 15 is 0 Å². The molecule has 2 aromatic carbocycles. The second-order valence-electron chi connectivity index (χ2n) is 5.97. The molecule has 0 radical (unpaired) electrons. The van der Waals surface area contributed by atoms with E-state index in [0.717, 1.165) is 11.1 Å². The first-order valence-electron chi connectivity index (χ1n) is 8.18. The summed E-state index contributed by atoms with van der Waals surface area (Å²) >= 11 is 0. The first-order valence-corrected chi connectivity index (χ1v) is 8.18. The number of aromatic nitrogens is 1. The van der Waals surface area contributed by atoms with Crippen molar-refractivity contribution in [2.75, 3.05) is 13.2 Å². The molecule has 3 aromatic rings. The number of hydrogen-bond donors (Lipinski definition) is 3. The van der Waals surface area contributed by atoms with Gasteiger partial charge in [-0.1, -0.05) is 36.4 Å². The van der Waals surface area contributed by atoms with E-state index < -0.39 is 0 Å². The number of fused-ring (bicyclic) bond motifs is 1. The van der Waals surface area contributed by atoms with Gasteiger partial charge in [0.15, 0.2) is 0 Å². The molecule has 0 aliphatic rings. The van der Waals surface area contributed by atoms with E-state index in [9.17, 15) is 15.0 Å². The summed E-state index contributed by atoms with van der Waals surface area (Å²) in [6.45, 7) is 0.249. The van der Waals surface area contributed by atoms with Crippen LogP contribution in [0.2, 0.25) is 0 Å². The zero-order valence-corrected chi connectivity index (χ0v) is 13.7. The monoisotopic (exact) mass is 336 g/mol. The fraction of sp³-hybridized carbons (Fsp3) is 0.200. The van der Waals surface area contributed by atoms with Gasteiger partial charge in [0, 0.05) is 36.3 Å². The van der Waals surface area contributed by atoms with E-state index in [4.69, 9.17) is 0 Å². The second-order valence-corrected chi connectivity index (χ2v) is 5.97. The number of phenols is 1. The topological polar surface area (TPSA) is 82.5 Å². The van der Waals surface area contributed by atoms with Crippen molar-refractivity contribution >= 4 is 16.7 Å². The Labute approximate surface area is 146 Å². The third-order valence-electron chi connectivity index (χ3n) is 4.18. The van der Waals surface area contributed by atoms with Crippen molar-refractivity contribution in [2.24, 2.45) is 5.92 Å². The molecule has 5 nitrogen and oxygen atoms in total. The van der Waals surface area contributed by atoms with Crippen LogP contribution < -0.4 is 5.32 Å². The first kappa shape index (κ1) is 16.9. The average molecular weight is 336 g/mol. The van der Waals surface area contributed by atoms with Crippen LogP contribution >= 0.6 is 0 Å². The lowest BCUT2D eigenvalue weighted by Gasteiger charge is -2.15. The summed E-state index contributed by atoms with van der Waals surface area (Å²) < 4.78 is 0. The molecule has 0 aliphatic carbocycles. The molecule has 0 saturated carbocycles. The van der Waals surface area contributed by atoms with Gasteiger partial charge in [-0.2, -0.15) is 0 Å². The molecule has 0 fully saturated rings. The number of pyridine rings is 1. The van der Waals surface area contributed by atoms with Crippen LogP contribution in [0.4, 0.5) is 0 Å². The largest absolute Gasteiger partial charge is 0.506 e. The zero-order valence-electron chi connectivity index (χ0n) is 13.7. The number of hydrogen-bond acceptors (Lipinski definition) is 4. The lowest BCUT2D eigenvalue weighted by Crippen LogP contribution is -2.32. The fourth-order valence-electron chi connectivity index (χ4n) is 2.79. The van der Waals surface area contributed by atoms with Crippen molar-refractivity contribution in [3.05, 3.63) is 72.1 Å². The number of rotatable bonds is 6. The Morgan fingerprint density at radius 3 is 2.64 bits per heavy atom. The minimum atomic E-state index is -0.359. The highest BCUT2D eigenvalue weighted by Crippen LogP contribution is 2.28. The van der Waals surface area contributed by atoms with Gasteiger partial charge >= 0.3 is 0 Å². The Balaban J connectivity index is 1.68. The predicted octanol–water partition coefficient (Wildman–Crippen LogP) is 2.52. The summed E-state index contributed by atoms with van der Waals surface area (Å²) in [6.07, 6.45) is 2.27. The smallest absolute Gasteiger partial charge is 0.255 e. The summed E-state index contributed by atoms with van der Waals surface area (Å²) in [7, 11) is 0. The van der Waals surface area contributed by atoms with E-state index in [1.165, 1.54) is 0 Å². The molecule has 0 spiro atoms. The van der Waals surface area contributed by atoms with E-state index in [0.29, 0.717) is 18.4 Å². The highest BCUT2D eigenvalue weighted by molar-refractivity contribution is 6.03. The van der Waals surface area contributed by atoms with Gasteiger partial charge in [0.25, 0.3) is 5.91 Å². The van der Waals surface area contributed by atoms with Crippen LogP contribution in [0, 0.1) is 5.92 Å². The van der Waals surface area contributed by atoms with Crippen molar-refractivity contribution in [3.63, 3.8) is 0 Å². The molecule has 0 bridgehead atoms. The van der Waals surface area contributed by atoms with Crippen LogP contribution in [0.25, 0.3) is 10.8 Å². The summed E-state index contributed by atoms with van der Waals surface area (Å²) in [6, 6.07) is 16.4. The van der Waals surface area contributed by atoms with Crippen LogP contribution in [0.3, 0.4) is 0 Å². The Kier molecular flexibility index (Phi) is 5.26. The number of carbonyl (C=O) groups is 1. The Morgan fingerprint density at radius 1 is 1.08 bits per heavy atom. The number of aromatic hydroxyl groups is 1. The average Bonchev–Trinajstić information content (AvgIpc) is 2.66. The van der Waals surface area contributed by atoms with Gasteiger partial charge in [-0.3, -0.25) is 9.78 Å². The Hall–Kier alpha value is -2.92. The van der Waals surface area contributed by atoms with Gasteiger partial charge in [-0.15, -0.1) is 0 Å². The highest BCUT2D eigenvalue weighted by Gasteiger charge is 2.16. The quantitative estimate of drug-likeness (QED) is 0.646. The third kappa shape index (κ3) is 3.95. The standard InChI is InChI=1S/C20H20N2O3/c23-13-14(11-16-6-3-4-10-21-16)12-22-20(25)18-9-8-15-5-1-2-7-17(15)19(18)24/h1-10,14,23-24H,11-13H2,(H,22,25). The van der Waals surface area contributed by atoms with Gasteiger partial charge < -0.3 is 15.5 Å². The van der Waals surface area contributed by atoms with Crippen molar-refractivity contribution in [1.82, 2.24) is 10.3 Å². The van der Waals surface area contributed by atoms with E-state index in [1.54, 1.807) is 24.4 Å². The molecular formula is C20H20N2O3. The lowest BCUT2D eigenvalue weighted by atomic mass is 10.0. The van der Waals surface area contributed by atoms with Crippen molar-refractivity contribution in [1.29, 1.82) is 0 Å².